The molecule has 1 aliphatic rings. The van der Waals surface area contributed by atoms with Crippen molar-refractivity contribution in [2.24, 2.45) is 0 Å². The van der Waals surface area contributed by atoms with Crippen LogP contribution < -0.4 is 5.32 Å². The Kier molecular flexibility index (Phi) is 2.92. The summed E-state index contributed by atoms with van der Waals surface area (Å²) in [6.45, 7) is 1.18. The van der Waals surface area contributed by atoms with Crippen molar-refractivity contribution in [2.45, 2.75) is 6.42 Å². The zero-order chi connectivity index (χ0) is 11.5. The molecule has 84 valence electrons. The van der Waals surface area contributed by atoms with Crippen LogP contribution >= 0.6 is 0 Å². The van der Waals surface area contributed by atoms with Crippen molar-refractivity contribution in [3.63, 3.8) is 0 Å². The summed E-state index contributed by atoms with van der Waals surface area (Å²) in [4.78, 5) is 11.1. The molecule has 0 aliphatic carbocycles. The third-order valence-corrected chi connectivity index (χ3v) is 2.69. The van der Waals surface area contributed by atoms with E-state index < -0.39 is 5.97 Å². The standard InChI is InChI=1S/C12H13NO3/c14-9-3-1-8(2-4-9)10-5-6-13-7-11(10)12(15)16/h1-4,13-14H,5-7H2,(H,15,16). The number of aromatic hydroxyl groups is 1. The van der Waals surface area contributed by atoms with Gasteiger partial charge in [0.15, 0.2) is 0 Å². The lowest BCUT2D eigenvalue weighted by Gasteiger charge is -2.19. The van der Waals surface area contributed by atoms with Crippen molar-refractivity contribution in [3.8, 4) is 5.75 Å². The molecule has 0 saturated carbocycles. The molecule has 0 fully saturated rings. The van der Waals surface area contributed by atoms with Crippen LogP contribution in [-0.2, 0) is 4.79 Å². The number of nitrogens with one attached hydrogen (secondary N) is 1. The van der Waals surface area contributed by atoms with Crippen LogP contribution in [0.1, 0.15) is 12.0 Å². The molecule has 1 aliphatic heterocycles. The largest absolute Gasteiger partial charge is 0.508 e. The number of hydrogen-bond acceptors (Lipinski definition) is 3. The Balaban J connectivity index is 2.43. The molecule has 4 heteroatoms. The van der Waals surface area contributed by atoms with Gasteiger partial charge in [0.2, 0.25) is 0 Å². The van der Waals surface area contributed by atoms with E-state index in [0.29, 0.717) is 18.5 Å². The van der Waals surface area contributed by atoms with E-state index in [0.717, 1.165) is 17.7 Å². The highest BCUT2D eigenvalue weighted by atomic mass is 16.4. The van der Waals surface area contributed by atoms with Gasteiger partial charge in [-0.15, -0.1) is 0 Å². The first-order chi connectivity index (χ1) is 7.68. The molecule has 0 aromatic heterocycles. The lowest BCUT2D eigenvalue weighted by molar-refractivity contribution is -0.132. The van der Waals surface area contributed by atoms with Crippen LogP contribution in [0.4, 0.5) is 0 Å². The lowest BCUT2D eigenvalue weighted by atomic mass is 9.94. The molecule has 1 aromatic carbocycles. The van der Waals surface area contributed by atoms with Gasteiger partial charge in [-0.25, -0.2) is 4.79 Å². The lowest BCUT2D eigenvalue weighted by Crippen LogP contribution is -2.28. The zero-order valence-corrected chi connectivity index (χ0v) is 8.73. The van der Waals surface area contributed by atoms with Crippen molar-refractivity contribution < 1.29 is 15.0 Å². The molecule has 2 rings (SSSR count). The molecular formula is C12H13NO3. The monoisotopic (exact) mass is 219 g/mol. The summed E-state index contributed by atoms with van der Waals surface area (Å²) >= 11 is 0. The van der Waals surface area contributed by atoms with Crippen LogP contribution in [0.2, 0.25) is 0 Å². The Morgan fingerprint density at radius 1 is 1.25 bits per heavy atom. The van der Waals surface area contributed by atoms with Gasteiger partial charge in [0.05, 0.1) is 5.57 Å². The average molecular weight is 219 g/mol. The summed E-state index contributed by atoms with van der Waals surface area (Å²) in [5, 5.41) is 21.3. The van der Waals surface area contributed by atoms with Crippen LogP contribution in [0.5, 0.6) is 5.75 Å². The maximum absolute atomic E-state index is 11.1. The Labute approximate surface area is 93.2 Å². The van der Waals surface area contributed by atoms with Crippen molar-refractivity contribution in [2.75, 3.05) is 13.1 Å². The summed E-state index contributed by atoms with van der Waals surface area (Å²) in [6.07, 6.45) is 0.701. The van der Waals surface area contributed by atoms with Gasteiger partial charge >= 0.3 is 5.97 Å². The number of carbonyl (C=O) groups is 1. The highest BCUT2D eigenvalue weighted by Crippen LogP contribution is 2.25. The second-order valence-electron chi connectivity index (χ2n) is 3.74. The molecule has 1 heterocycles. The van der Waals surface area contributed by atoms with Gasteiger partial charge in [-0.1, -0.05) is 12.1 Å². The summed E-state index contributed by atoms with van der Waals surface area (Å²) in [5.74, 6) is -0.689. The fourth-order valence-electron chi connectivity index (χ4n) is 1.87. The first-order valence-corrected chi connectivity index (χ1v) is 5.14. The van der Waals surface area contributed by atoms with E-state index in [1.807, 2.05) is 0 Å². The fraction of sp³-hybridized carbons (Fsp3) is 0.250. The van der Waals surface area contributed by atoms with Gasteiger partial charge in [0.25, 0.3) is 0 Å². The average Bonchev–Trinajstić information content (AvgIpc) is 2.30. The quantitative estimate of drug-likeness (QED) is 0.699. The minimum absolute atomic E-state index is 0.190. The zero-order valence-electron chi connectivity index (χ0n) is 8.73. The topological polar surface area (TPSA) is 69.6 Å². The van der Waals surface area contributed by atoms with Crippen molar-refractivity contribution in [1.82, 2.24) is 5.32 Å². The van der Waals surface area contributed by atoms with Crippen molar-refractivity contribution in [1.29, 1.82) is 0 Å². The van der Waals surface area contributed by atoms with E-state index >= 15 is 0 Å². The predicted octanol–water partition coefficient (Wildman–Crippen LogP) is 1.22. The van der Waals surface area contributed by atoms with Crippen LogP contribution in [0.25, 0.3) is 5.57 Å². The normalized spacial score (nSPS) is 16.2. The van der Waals surface area contributed by atoms with Gasteiger partial charge in [0, 0.05) is 6.54 Å². The van der Waals surface area contributed by atoms with Gasteiger partial charge < -0.3 is 15.5 Å². The Morgan fingerprint density at radius 3 is 2.56 bits per heavy atom. The number of aliphatic carboxylic acids is 1. The number of phenolic OH excluding ortho intramolecular Hbond substituents is 1. The van der Waals surface area contributed by atoms with Crippen LogP contribution in [0.15, 0.2) is 29.8 Å². The molecule has 0 spiro atoms. The number of carboxylic acid groups (broad SMARTS) is 1. The maximum Gasteiger partial charge on any atom is 0.333 e. The minimum atomic E-state index is -0.879. The Bertz CT molecular complexity index is 434. The SMILES string of the molecule is O=C(O)C1=C(c2ccc(O)cc2)CCNC1. The molecule has 0 amide bonds. The van der Waals surface area contributed by atoms with E-state index in [2.05, 4.69) is 5.32 Å². The number of hydrogen-bond donors (Lipinski definition) is 3. The van der Waals surface area contributed by atoms with E-state index in [9.17, 15) is 9.90 Å². The summed E-state index contributed by atoms with van der Waals surface area (Å²) in [5.41, 5.74) is 2.14. The van der Waals surface area contributed by atoms with Crippen LogP contribution in [-0.4, -0.2) is 29.3 Å². The van der Waals surface area contributed by atoms with E-state index in [-0.39, 0.29) is 5.75 Å². The third-order valence-electron chi connectivity index (χ3n) is 2.69. The molecule has 0 saturated heterocycles. The minimum Gasteiger partial charge on any atom is -0.508 e. The van der Waals surface area contributed by atoms with Gasteiger partial charge in [0.1, 0.15) is 5.75 Å². The van der Waals surface area contributed by atoms with E-state index in [4.69, 9.17) is 5.11 Å². The molecule has 16 heavy (non-hydrogen) atoms. The number of phenols is 1. The second-order valence-corrected chi connectivity index (χ2v) is 3.74. The van der Waals surface area contributed by atoms with Gasteiger partial charge in [-0.2, -0.15) is 0 Å². The number of rotatable bonds is 2. The molecule has 1 aromatic rings. The molecule has 0 radical (unpaired) electrons. The smallest absolute Gasteiger partial charge is 0.333 e. The van der Waals surface area contributed by atoms with Crippen molar-refractivity contribution >= 4 is 11.5 Å². The van der Waals surface area contributed by atoms with Crippen molar-refractivity contribution in [3.05, 3.63) is 35.4 Å². The van der Waals surface area contributed by atoms with E-state index in [1.165, 1.54) is 0 Å². The summed E-state index contributed by atoms with van der Waals surface area (Å²) < 4.78 is 0. The fourth-order valence-corrected chi connectivity index (χ4v) is 1.87. The summed E-state index contributed by atoms with van der Waals surface area (Å²) in [7, 11) is 0. The van der Waals surface area contributed by atoms with E-state index in [1.54, 1.807) is 24.3 Å². The first-order valence-electron chi connectivity index (χ1n) is 5.14. The Morgan fingerprint density at radius 2 is 1.94 bits per heavy atom. The Hall–Kier alpha value is -1.81. The highest BCUT2D eigenvalue weighted by Gasteiger charge is 2.18. The number of benzene rings is 1. The highest BCUT2D eigenvalue weighted by molar-refractivity contribution is 5.97. The first kappa shape index (κ1) is 10.7. The predicted molar refractivity (Wildman–Crippen MR) is 60.1 cm³/mol. The summed E-state index contributed by atoms with van der Waals surface area (Å²) in [6, 6.07) is 6.64. The molecule has 0 bridgehead atoms. The molecule has 3 N–H and O–H groups in total. The molecule has 0 unspecified atom stereocenters. The maximum atomic E-state index is 11.1. The molecular weight excluding hydrogens is 206 g/mol. The van der Waals surface area contributed by atoms with Crippen LogP contribution in [0, 0.1) is 0 Å². The third kappa shape index (κ3) is 2.06. The second kappa shape index (κ2) is 4.37. The van der Waals surface area contributed by atoms with Crippen LogP contribution in [0.3, 0.4) is 0 Å². The number of carboxylic acids is 1. The molecule has 0 atom stereocenters. The van der Waals surface area contributed by atoms with Gasteiger partial charge in [-0.05, 0) is 36.2 Å². The van der Waals surface area contributed by atoms with Gasteiger partial charge in [-0.3, -0.25) is 0 Å². The molecule has 4 nitrogen and oxygen atoms in total.